The van der Waals surface area contributed by atoms with Crippen LogP contribution in [0, 0.1) is 6.92 Å². The Morgan fingerprint density at radius 3 is 2.86 bits per heavy atom. The van der Waals surface area contributed by atoms with Gasteiger partial charge < -0.3 is 4.74 Å². The van der Waals surface area contributed by atoms with Crippen molar-refractivity contribution in [2.24, 2.45) is 0 Å². The van der Waals surface area contributed by atoms with Gasteiger partial charge in [-0.3, -0.25) is 0 Å². The van der Waals surface area contributed by atoms with Crippen LogP contribution in [-0.2, 0) is 4.74 Å². The molecule has 37 valence electrons. The highest BCUT2D eigenvalue weighted by molar-refractivity contribution is 5.13. The van der Waals surface area contributed by atoms with Gasteiger partial charge in [-0.05, 0) is 12.2 Å². The van der Waals surface area contributed by atoms with Crippen molar-refractivity contribution < 1.29 is 4.74 Å². The summed E-state index contributed by atoms with van der Waals surface area (Å²) in [5.74, 6) is 0.752. The van der Waals surface area contributed by atoms with Crippen LogP contribution in [0.2, 0.25) is 0 Å². The molecule has 1 nitrogen and oxygen atoms in total. The zero-order valence-corrected chi connectivity index (χ0v) is 4.05. The third-order valence-corrected chi connectivity index (χ3v) is 0.783. The molecule has 0 amide bonds. The summed E-state index contributed by atoms with van der Waals surface area (Å²) in [6.07, 6.45) is 5.71. The summed E-state index contributed by atoms with van der Waals surface area (Å²) in [5.41, 5.74) is 0. The molecule has 0 fully saturated rings. The second-order valence-corrected chi connectivity index (χ2v) is 1.37. The number of hydrogen-bond acceptors (Lipinski definition) is 1. The molecule has 7 heavy (non-hydrogen) atoms. The lowest BCUT2D eigenvalue weighted by atomic mass is 10.4. The van der Waals surface area contributed by atoms with E-state index in [1.165, 1.54) is 0 Å². The van der Waals surface area contributed by atoms with Crippen LogP contribution in [0.5, 0.6) is 0 Å². The van der Waals surface area contributed by atoms with E-state index in [9.17, 15) is 0 Å². The zero-order valence-electron chi connectivity index (χ0n) is 4.05. The van der Waals surface area contributed by atoms with Crippen LogP contribution in [0.25, 0.3) is 0 Å². The lowest BCUT2D eigenvalue weighted by Gasteiger charge is -2.03. The summed E-state index contributed by atoms with van der Waals surface area (Å²) in [4.78, 5) is 0. The van der Waals surface area contributed by atoms with Crippen LogP contribution >= 0.6 is 0 Å². The summed E-state index contributed by atoms with van der Waals surface area (Å²) in [5, 5.41) is 0. The third-order valence-electron chi connectivity index (χ3n) is 0.783. The van der Waals surface area contributed by atoms with Gasteiger partial charge >= 0.3 is 0 Å². The van der Waals surface area contributed by atoms with Gasteiger partial charge in [0.05, 0.1) is 5.76 Å². The SMILES string of the molecule is [CH2]C1=CC=CCO1. The normalized spacial score (nSPS) is 18.1. The second-order valence-electron chi connectivity index (χ2n) is 1.37. The summed E-state index contributed by atoms with van der Waals surface area (Å²) in [6, 6.07) is 0. The van der Waals surface area contributed by atoms with Crippen molar-refractivity contribution in [2.45, 2.75) is 0 Å². The van der Waals surface area contributed by atoms with Gasteiger partial charge in [0.25, 0.3) is 0 Å². The van der Waals surface area contributed by atoms with E-state index >= 15 is 0 Å². The number of rotatable bonds is 0. The first kappa shape index (κ1) is 4.44. The Kier molecular flexibility index (Phi) is 1.16. The molecule has 1 heteroatoms. The topological polar surface area (TPSA) is 9.23 Å². The zero-order chi connectivity index (χ0) is 5.11. The van der Waals surface area contributed by atoms with Gasteiger partial charge in [-0.1, -0.05) is 6.08 Å². The lowest BCUT2D eigenvalue weighted by molar-refractivity contribution is 0.256. The Morgan fingerprint density at radius 1 is 1.71 bits per heavy atom. The fourth-order valence-corrected chi connectivity index (χ4v) is 0.434. The molecule has 0 aromatic carbocycles. The van der Waals surface area contributed by atoms with Gasteiger partial charge in [0, 0.05) is 6.92 Å². The number of hydrogen-bond donors (Lipinski definition) is 0. The highest BCUT2D eigenvalue weighted by Crippen LogP contribution is 1.99. The molecule has 0 atom stereocenters. The molecule has 0 aromatic rings. The van der Waals surface area contributed by atoms with Crippen molar-refractivity contribution in [3.63, 3.8) is 0 Å². The smallest absolute Gasteiger partial charge is 0.106 e. The van der Waals surface area contributed by atoms with E-state index in [1.807, 2.05) is 18.2 Å². The Hall–Kier alpha value is -0.720. The monoisotopic (exact) mass is 95.0 g/mol. The number of ether oxygens (including phenoxy) is 1. The first-order valence-corrected chi connectivity index (χ1v) is 2.21. The van der Waals surface area contributed by atoms with Crippen LogP contribution < -0.4 is 0 Å². The second kappa shape index (κ2) is 1.82. The maximum absolute atomic E-state index is 4.94. The van der Waals surface area contributed by atoms with Crippen molar-refractivity contribution in [1.82, 2.24) is 0 Å². The molecule has 0 saturated heterocycles. The highest BCUT2D eigenvalue weighted by atomic mass is 16.5. The lowest BCUT2D eigenvalue weighted by Crippen LogP contribution is -1.91. The van der Waals surface area contributed by atoms with E-state index in [-0.39, 0.29) is 0 Å². The first-order valence-electron chi connectivity index (χ1n) is 2.21. The van der Waals surface area contributed by atoms with Crippen molar-refractivity contribution in [2.75, 3.05) is 6.61 Å². The molecule has 0 saturated carbocycles. The first-order chi connectivity index (χ1) is 3.39. The third kappa shape index (κ3) is 1.07. The van der Waals surface area contributed by atoms with Crippen molar-refractivity contribution in [3.8, 4) is 0 Å². The molecule has 0 spiro atoms. The molecular formula is C6H7O. The molecule has 1 aliphatic heterocycles. The molecule has 1 heterocycles. The van der Waals surface area contributed by atoms with E-state index in [1.54, 1.807) is 0 Å². The quantitative estimate of drug-likeness (QED) is 0.440. The Bertz CT molecular complexity index is 111. The summed E-state index contributed by atoms with van der Waals surface area (Å²) in [7, 11) is 0. The van der Waals surface area contributed by atoms with Crippen LogP contribution in [0.3, 0.4) is 0 Å². The Morgan fingerprint density at radius 2 is 2.57 bits per heavy atom. The molecular weight excluding hydrogens is 88.1 g/mol. The van der Waals surface area contributed by atoms with Gasteiger partial charge in [-0.15, -0.1) is 0 Å². The molecule has 1 aliphatic rings. The van der Waals surface area contributed by atoms with Crippen LogP contribution in [0.15, 0.2) is 24.0 Å². The molecule has 1 radical (unpaired) electrons. The standard InChI is InChI=1S/C6H7O/c1-6-4-2-3-5-7-6/h2-4H,1,5H2. The number of allylic oxidation sites excluding steroid dienone is 3. The van der Waals surface area contributed by atoms with E-state index in [0.717, 1.165) is 5.76 Å². The molecule has 1 rings (SSSR count). The summed E-state index contributed by atoms with van der Waals surface area (Å²) >= 11 is 0. The van der Waals surface area contributed by atoms with Crippen LogP contribution in [0.4, 0.5) is 0 Å². The maximum Gasteiger partial charge on any atom is 0.106 e. The van der Waals surface area contributed by atoms with E-state index in [0.29, 0.717) is 6.61 Å². The van der Waals surface area contributed by atoms with Gasteiger partial charge in [0.15, 0.2) is 0 Å². The van der Waals surface area contributed by atoms with Crippen LogP contribution in [-0.4, -0.2) is 6.61 Å². The molecule has 0 bridgehead atoms. The van der Waals surface area contributed by atoms with Gasteiger partial charge in [-0.25, -0.2) is 0 Å². The average molecular weight is 95.1 g/mol. The summed E-state index contributed by atoms with van der Waals surface area (Å²) in [6.45, 7) is 4.26. The van der Waals surface area contributed by atoms with Crippen molar-refractivity contribution in [1.29, 1.82) is 0 Å². The predicted octanol–water partition coefficient (Wildman–Crippen LogP) is 1.29. The minimum absolute atomic E-state index is 0.676. The Balaban J connectivity index is 2.57. The fraction of sp³-hybridized carbons (Fsp3) is 0.167. The van der Waals surface area contributed by atoms with E-state index in [2.05, 4.69) is 6.92 Å². The minimum atomic E-state index is 0.676. The molecule has 0 aliphatic carbocycles. The van der Waals surface area contributed by atoms with E-state index < -0.39 is 0 Å². The molecule has 0 aromatic heterocycles. The minimum Gasteiger partial charge on any atom is -0.494 e. The summed E-state index contributed by atoms with van der Waals surface area (Å²) < 4.78 is 4.94. The van der Waals surface area contributed by atoms with Gasteiger partial charge in [0.1, 0.15) is 6.61 Å². The molecule has 0 unspecified atom stereocenters. The predicted molar refractivity (Wildman–Crippen MR) is 28.5 cm³/mol. The Labute approximate surface area is 43.3 Å². The van der Waals surface area contributed by atoms with E-state index in [4.69, 9.17) is 4.74 Å². The van der Waals surface area contributed by atoms with Gasteiger partial charge in [-0.2, -0.15) is 0 Å². The fourth-order valence-electron chi connectivity index (χ4n) is 0.434. The highest BCUT2D eigenvalue weighted by Gasteiger charge is 1.87. The van der Waals surface area contributed by atoms with Crippen molar-refractivity contribution >= 4 is 0 Å². The largest absolute Gasteiger partial charge is 0.494 e. The average Bonchev–Trinajstić information content (AvgIpc) is 1.69. The maximum atomic E-state index is 4.94. The van der Waals surface area contributed by atoms with Crippen LogP contribution in [0.1, 0.15) is 0 Å². The van der Waals surface area contributed by atoms with Gasteiger partial charge in [0.2, 0.25) is 0 Å². The molecule has 0 N–H and O–H groups in total. The van der Waals surface area contributed by atoms with Crippen molar-refractivity contribution in [3.05, 3.63) is 30.9 Å².